The van der Waals surface area contributed by atoms with Gasteiger partial charge in [-0.05, 0) is 55.8 Å². The monoisotopic (exact) mass is 378 g/mol. The molecule has 1 fully saturated rings. The fraction of sp³-hybridized carbons (Fsp3) is 0.727. The van der Waals surface area contributed by atoms with Gasteiger partial charge in [-0.1, -0.05) is 51.1 Å². The molecule has 0 spiro atoms. The second kappa shape index (κ2) is 10.0. The van der Waals surface area contributed by atoms with Gasteiger partial charge in [-0.2, -0.15) is 0 Å². The molecule has 148 valence electrons. The summed E-state index contributed by atoms with van der Waals surface area (Å²) in [5.74, 6) is 0. The Morgan fingerprint density at radius 1 is 1.08 bits per heavy atom. The SMILES string of the molecule is CC(C)(C)[Si](C)(C)OCC1CCCC(CCCOCc2ccccc2)O1. The quantitative estimate of drug-likeness (QED) is 0.393. The molecule has 4 heteroatoms. The van der Waals surface area contributed by atoms with Crippen LogP contribution in [0.15, 0.2) is 30.3 Å². The molecule has 26 heavy (non-hydrogen) atoms. The first kappa shape index (κ1) is 21.6. The average molecular weight is 379 g/mol. The molecule has 0 bridgehead atoms. The summed E-state index contributed by atoms with van der Waals surface area (Å²) in [6, 6.07) is 10.4. The van der Waals surface area contributed by atoms with Crippen LogP contribution in [0.3, 0.4) is 0 Å². The lowest BCUT2D eigenvalue weighted by Gasteiger charge is -2.38. The van der Waals surface area contributed by atoms with Crippen molar-refractivity contribution in [1.29, 1.82) is 0 Å². The van der Waals surface area contributed by atoms with Crippen LogP contribution >= 0.6 is 0 Å². The highest BCUT2D eigenvalue weighted by Gasteiger charge is 2.38. The maximum Gasteiger partial charge on any atom is 0.192 e. The molecule has 1 aliphatic heterocycles. The van der Waals surface area contributed by atoms with Crippen molar-refractivity contribution in [3.05, 3.63) is 35.9 Å². The number of ether oxygens (including phenoxy) is 2. The summed E-state index contributed by atoms with van der Waals surface area (Å²) in [6.07, 6.45) is 6.36. The molecule has 2 unspecified atom stereocenters. The van der Waals surface area contributed by atoms with Gasteiger partial charge in [0.2, 0.25) is 0 Å². The number of hydrogen-bond donors (Lipinski definition) is 0. The highest BCUT2D eigenvalue weighted by atomic mass is 28.4. The Morgan fingerprint density at radius 2 is 1.77 bits per heavy atom. The lowest BCUT2D eigenvalue weighted by atomic mass is 10.0. The van der Waals surface area contributed by atoms with E-state index in [2.05, 4.69) is 58.1 Å². The maximum absolute atomic E-state index is 6.36. The van der Waals surface area contributed by atoms with Gasteiger partial charge < -0.3 is 13.9 Å². The third kappa shape index (κ3) is 7.14. The van der Waals surface area contributed by atoms with E-state index in [1.54, 1.807) is 0 Å². The van der Waals surface area contributed by atoms with Crippen LogP contribution in [-0.4, -0.2) is 33.7 Å². The molecule has 1 aliphatic rings. The topological polar surface area (TPSA) is 27.7 Å². The van der Waals surface area contributed by atoms with Crippen LogP contribution in [0.5, 0.6) is 0 Å². The Kier molecular flexibility index (Phi) is 8.33. The third-order valence-electron chi connectivity index (χ3n) is 5.80. The molecule has 0 amide bonds. The molecule has 0 aliphatic carbocycles. The van der Waals surface area contributed by atoms with Crippen LogP contribution in [-0.2, 0) is 20.5 Å². The van der Waals surface area contributed by atoms with Gasteiger partial charge in [-0.25, -0.2) is 0 Å². The van der Waals surface area contributed by atoms with Crippen molar-refractivity contribution in [2.24, 2.45) is 0 Å². The third-order valence-corrected chi connectivity index (χ3v) is 10.3. The Hall–Kier alpha value is -0.683. The Bertz CT molecular complexity index is 510. The molecular formula is C22H38O3Si. The molecular weight excluding hydrogens is 340 g/mol. The molecule has 1 aromatic carbocycles. The van der Waals surface area contributed by atoms with Gasteiger partial charge >= 0.3 is 0 Å². The van der Waals surface area contributed by atoms with Gasteiger partial charge in [0.15, 0.2) is 8.32 Å². The summed E-state index contributed by atoms with van der Waals surface area (Å²) in [7, 11) is -1.68. The Labute approximate surface area is 161 Å². The molecule has 1 aromatic rings. The largest absolute Gasteiger partial charge is 0.414 e. The molecule has 0 aromatic heterocycles. The molecule has 1 saturated heterocycles. The normalized spacial score (nSPS) is 21.7. The van der Waals surface area contributed by atoms with Gasteiger partial charge in [-0.3, -0.25) is 0 Å². The van der Waals surface area contributed by atoms with Crippen molar-refractivity contribution in [1.82, 2.24) is 0 Å². The van der Waals surface area contributed by atoms with Gasteiger partial charge in [0, 0.05) is 6.61 Å². The molecule has 2 rings (SSSR count). The minimum absolute atomic E-state index is 0.261. The van der Waals surface area contributed by atoms with E-state index in [1.807, 2.05) is 6.07 Å². The van der Waals surface area contributed by atoms with E-state index in [0.717, 1.165) is 32.5 Å². The van der Waals surface area contributed by atoms with Crippen LogP contribution in [0.1, 0.15) is 58.4 Å². The zero-order valence-electron chi connectivity index (χ0n) is 17.4. The standard InChI is InChI=1S/C22H38O3Si/c1-22(2,3)26(4,5)24-18-21-14-9-13-20(25-21)15-10-16-23-17-19-11-7-6-8-12-19/h6-8,11-12,20-21H,9-10,13-18H2,1-5H3. The first-order valence-corrected chi connectivity index (χ1v) is 13.1. The Morgan fingerprint density at radius 3 is 2.46 bits per heavy atom. The minimum Gasteiger partial charge on any atom is -0.414 e. The molecule has 0 radical (unpaired) electrons. The van der Waals surface area contributed by atoms with Gasteiger partial charge in [0.25, 0.3) is 0 Å². The van der Waals surface area contributed by atoms with Gasteiger partial charge in [0.1, 0.15) is 0 Å². The maximum atomic E-state index is 6.36. The van der Waals surface area contributed by atoms with Crippen molar-refractivity contribution in [2.45, 2.75) is 89.8 Å². The zero-order chi connectivity index (χ0) is 19.0. The van der Waals surface area contributed by atoms with Crippen molar-refractivity contribution in [3.63, 3.8) is 0 Å². The predicted molar refractivity (Wildman–Crippen MR) is 111 cm³/mol. The number of rotatable bonds is 9. The zero-order valence-corrected chi connectivity index (χ0v) is 18.4. The molecule has 0 N–H and O–H groups in total. The van der Waals surface area contributed by atoms with Gasteiger partial charge in [-0.15, -0.1) is 0 Å². The lowest BCUT2D eigenvalue weighted by Crippen LogP contribution is -2.44. The van der Waals surface area contributed by atoms with E-state index < -0.39 is 8.32 Å². The average Bonchev–Trinajstić information content (AvgIpc) is 2.60. The summed E-state index contributed by atoms with van der Waals surface area (Å²) in [5, 5.41) is 0.261. The van der Waals surface area contributed by atoms with Crippen molar-refractivity contribution in [3.8, 4) is 0 Å². The second-order valence-electron chi connectivity index (χ2n) is 9.06. The van der Waals surface area contributed by atoms with Crippen LogP contribution < -0.4 is 0 Å². The van der Waals surface area contributed by atoms with Crippen molar-refractivity contribution >= 4 is 8.32 Å². The van der Waals surface area contributed by atoms with E-state index in [-0.39, 0.29) is 11.1 Å². The van der Waals surface area contributed by atoms with Crippen molar-refractivity contribution < 1.29 is 13.9 Å². The van der Waals surface area contributed by atoms with E-state index in [0.29, 0.717) is 12.7 Å². The summed E-state index contributed by atoms with van der Waals surface area (Å²) in [6.45, 7) is 13.8. The molecule has 2 atom stereocenters. The summed E-state index contributed by atoms with van der Waals surface area (Å²) in [4.78, 5) is 0. The fourth-order valence-electron chi connectivity index (χ4n) is 3.01. The fourth-order valence-corrected chi connectivity index (χ4v) is 4.05. The van der Waals surface area contributed by atoms with Gasteiger partial charge in [0.05, 0.1) is 25.4 Å². The lowest BCUT2D eigenvalue weighted by molar-refractivity contribution is -0.0746. The van der Waals surface area contributed by atoms with E-state index >= 15 is 0 Å². The van der Waals surface area contributed by atoms with E-state index in [1.165, 1.54) is 18.4 Å². The summed E-state index contributed by atoms with van der Waals surface area (Å²) >= 11 is 0. The van der Waals surface area contributed by atoms with E-state index in [9.17, 15) is 0 Å². The van der Waals surface area contributed by atoms with Crippen LogP contribution in [0.25, 0.3) is 0 Å². The number of hydrogen-bond acceptors (Lipinski definition) is 3. The highest BCUT2D eigenvalue weighted by Crippen LogP contribution is 2.37. The first-order chi connectivity index (χ1) is 12.3. The molecule has 1 heterocycles. The van der Waals surface area contributed by atoms with Crippen molar-refractivity contribution in [2.75, 3.05) is 13.2 Å². The second-order valence-corrected chi connectivity index (χ2v) is 13.9. The summed E-state index contributed by atoms with van der Waals surface area (Å²) in [5.41, 5.74) is 1.24. The van der Waals surface area contributed by atoms with E-state index in [4.69, 9.17) is 13.9 Å². The smallest absolute Gasteiger partial charge is 0.192 e. The molecule has 3 nitrogen and oxygen atoms in total. The molecule has 0 saturated carbocycles. The minimum atomic E-state index is -1.68. The van der Waals surface area contributed by atoms with Crippen LogP contribution in [0.4, 0.5) is 0 Å². The highest BCUT2D eigenvalue weighted by molar-refractivity contribution is 6.74. The first-order valence-electron chi connectivity index (χ1n) is 10.2. The predicted octanol–water partition coefficient (Wildman–Crippen LogP) is 5.94. The van der Waals surface area contributed by atoms with Crippen LogP contribution in [0.2, 0.25) is 18.1 Å². The number of benzene rings is 1. The van der Waals surface area contributed by atoms with Crippen LogP contribution in [0, 0.1) is 0 Å². The Balaban J connectivity index is 1.62. The summed E-state index contributed by atoms with van der Waals surface area (Å²) < 4.78 is 18.5.